The van der Waals surface area contributed by atoms with E-state index in [1.165, 1.54) is 0 Å². The molecule has 19 heavy (non-hydrogen) atoms. The summed E-state index contributed by atoms with van der Waals surface area (Å²) in [5.41, 5.74) is 2.02. The Morgan fingerprint density at radius 1 is 1.37 bits per heavy atom. The normalized spacial score (nSPS) is 20.9. The lowest BCUT2D eigenvalue weighted by Crippen LogP contribution is -2.55. The number of amides is 1. The second-order valence-electron chi connectivity index (χ2n) is 5.19. The Bertz CT molecular complexity index is 473. The molecule has 1 fully saturated rings. The standard InChI is InChI=1S/C15H22N2O2/c1-4-16-7-8-17(12(3)15(16)19)10-13-5-6-14(18)11(2)9-13/h5-6,9,12,18H,4,7-8,10H2,1-3H3. The molecule has 1 amide bonds. The molecular formula is C15H22N2O2. The van der Waals surface area contributed by atoms with Gasteiger partial charge in [-0.3, -0.25) is 9.69 Å². The van der Waals surface area contributed by atoms with Crippen molar-refractivity contribution in [3.8, 4) is 5.75 Å². The average Bonchev–Trinajstić information content (AvgIpc) is 2.40. The van der Waals surface area contributed by atoms with E-state index in [-0.39, 0.29) is 11.9 Å². The van der Waals surface area contributed by atoms with Crippen LogP contribution in [0.3, 0.4) is 0 Å². The quantitative estimate of drug-likeness (QED) is 0.902. The van der Waals surface area contributed by atoms with Gasteiger partial charge in [-0.25, -0.2) is 0 Å². The Morgan fingerprint density at radius 3 is 2.74 bits per heavy atom. The Labute approximate surface area is 114 Å². The van der Waals surface area contributed by atoms with Crippen LogP contribution in [0.25, 0.3) is 0 Å². The van der Waals surface area contributed by atoms with Crippen LogP contribution in [0.2, 0.25) is 0 Å². The Balaban J connectivity index is 2.07. The van der Waals surface area contributed by atoms with Crippen LogP contribution >= 0.6 is 0 Å². The SMILES string of the molecule is CCN1CCN(Cc2ccc(O)c(C)c2)C(C)C1=O. The molecule has 1 aromatic rings. The largest absolute Gasteiger partial charge is 0.508 e. The van der Waals surface area contributed by atoms with Crippen molar-refractivity contribution in [3.05, 3.63) is 29.3 Å². The van der Waals surface area contributed by atoms with Crippen molar-refractivity contribution >= 4 is 5.91 Å². The fraction of sp³-hybridized carbons (Fsp3) is 0.533. The lowest BCUT2D eigenvalue weighted by atomic mass is 10.1. The number of hydrogen-bond acceptors (Lipinski definition) is 3. The summed E-state index contributed by atoms with van der Waals surface area (Å²) in [7, 11) is 0. The molecule has 1 aliphatic rings. The molecule has 1 aliphatic heterocycles. The lowest BCUT2D eigenvalue weighted by molar-refractivity contribution is -0.141. The molecule has 1 saturated heterocycles. The molecular weight excluding hydrogens is 240 g/mol. The molecule has 0 aliphatic carbocycles. The first-order valence-corrected chi connectivity index (χ1v) is 6.84. The summed E-state index contributed by atoms with van der Waals surface area (Å²) in [4.78, 5) is 16.2. The van der Waals surface area contributed by atoms with E-state index in [1.807, 2.05) is 37.8 Å². The fourth-order valence-electron chi connectivity index (χ4n) is 2.55. The van der Waals surface area contributed by atoms with Crippen LogP contribution in [0.4, 0.5) is 0 Å². The van der Waals surface area contributed by atoms with Gasteiger partial charge in [-0.05, 0) is 38.0 Å². The van der Waals surface area contributed by atoms with Gasteiger partial charge >= 0.3 is 0 Å². The number of benzene rings is 1. The summed E-state index contributed by atoms with van der Waals surface area (Å²) in [6.45, 7) is 9.13. The zero-order chi connectivity index (χ0) is 14.0. The van der Waals surface area contributed by atoms with Gasteiger partial charge in [0.05, 0.1) is 6.04 Å². The van der Waals surface area contributed by atoms with Crippen LogP contribution in [0.15, 0.2) is 18.2 Å². The zero-order valence-electron chi connectivity index (χ0n) is 11.9. The minimum absolute atomic E-state index is 0.0668. The number of piperazine rings is 1. The molecule has 0 bridgehead atoms. The smallest absolute Gasteiger partial charge is 0.239 e. The van der Waals surface area contributed by atoms with Gasteiger partial charge in [0.2, 0.25) is 5.91 Å². The Kier molecular flexibility index (Phi) is 4.10. The van der Waals surface area contributed by atoms with E-state index in [1.54, 1.807) is 6.07 Å². The maximum absolute atomic E-state index is 12.1. The third-order valence-corrected chi connectivity index (χ3v) is 3.90. The average molecular weight is 262 g/mol. The number of nitrogens with zero attached hydrogens (tertiary/aromatic N) is 2. The summed E-state index contributed by atoms with van der Waals surface area (Å²) in [5.74, 6) is 0.535. The fourth-order valence-corrected chi connectivity index (χ4v) is 2.55. The summed E-state index contributed by atoms with van der Waals surface area (Å²) in [6, 6.07) is 5.56. The molecule has 1 aromatic carbocycles. The van der Waals surface area contributed by atoms with Crippen molar-refractivity contribution in [1.29, 1.82) is 0 Å². The monoisotopic (exact) mass is 262 g/mol. The van der Waals surface area contributed by atoms with E-state index in [4.69, 9.17) is 0 Å². The molecule has 0 saturated carbocycles. The highest BCUT2D eigenvalue weighted by Gasteiger charge is 2.30. The van der Waals surface area contributed by atoms with Crippen molar-refractivity contribution in [3.63, 3.8) is 0 Å². The Morgan fingerprint density at radius 2 is 2.11 bits per heavy atom. The van der Waals surface area contributed by atoms with Gasteiger partial charge in [-0.15, -0.1) is 0 Å². The summed E-state index contributed by atoms with van der Waals surface area (Å²) in [6.07, 6.45) is 0. The van der Waals surface area contributed by atoms with Crippen LogP contribution in [-0.2, 0) is 11.3 Å². The number of aryl methyl sites for hydroxylation is 1. The highest BCUT2D eigenvalue weighted by Crippen LogP contribution is 2.20. The van der Waals surface area contributed by atoms with Gasteiger partial charge in [0.25, 0.3) is 0 Å². The number of rotatable bonds is 3. The summed E-state index contributed by atoms with van der Waals surface area (Å²) in [5, 5.41) is 9.54. The number of phenols is 1. The van der Waals surface area contributed by atoms with Crippen LogP contribution in [0.1, 0.15) is 25.0 Å². The number of aromatic hydroxyl groups is 1. The molecule has 104 valence electrons. The molecule has 0 aromatic heterocycles. The molecule has 2 rings (SSSR count). The van der Waals surface area contributed by atoms with Gasteiger partial charge in [-0.1, -0.05) is 12.1 Å². The van der Waals surface area contributed by atoms with Crippen LogP contribution < -0.4 is 0 Å². The number of likely N-dealkylation sites (N-methyl/N-ethyl adjacent to an activating group) is 1. The van der Waals surface area contributed by atoms with E-state index in [0.717, 1.165) is 37.3 Å². The molecule has 0 spiro atoms. The predicted molar refractivity (Wildman–Crippen MR) is 75.0 cm³/mol. The van der Waals surface area contributed by atoms with E-state index >= 15 is 0 Å². The Hall–Kier alpha value is -1.55. The van der Waals surface area contributed by atoms with Crippen molar-refractivity contribution in [2.45, 2.75) is 33.4 Å². The molecule has 1 unspecified atom stereocenters. The second-order valence-corrected chi connectivity index (χ2v) is 5.19. The van der Waals surface area contributed by atoms with Crippen LogP contribution in [0.5, 0.6) is 5.75 Å². The number of phenolic OH excluding ortho intramolecular Hbond substituents is 1. The number of hydrogen-bond donors (Lipinski definition) is 1. The highest BCUT2D eigenvalue weighted by molar-refractivity contribution is 5.82. The van der Waals surface area contributed by atoms with E-state index in [0.29, 0.717) is 5.75 Å². The van der Waals surface area contributed by atoms with Gasteiger partial charge in [0.1, 0.15) is 5.75 Å². The van der Waals surface area contributed by atoms with Crippen molar-refractivity contribution in [1.82, 2.24) is 9.80 Å². The third kappa shape index (κ3) is 2.89. The third-order valence-electron chi connectivity index (χ3n) is 3.90. The first-order chi connectivity index (χ1) is 9.02. The molecule has 4 heteroatoms. The molecule has 1 heterocycles. The minimum Gasteiger partial charge on any atom is -0.508 e. The number of carbonyl (C=O) groups is 1. The molecule has 1 N–H and O–H groups in total. The van der Waals surface area contributed by atoms with Crippen molar-refractivity contribution < 1.29 is 9.90 Å². The van der Waals surface area contributed by atoms with E-state index in [2.05, 4.69) is 4.90 Å². The highest BCUT2D eigenvalue weighted by atomic mass is 16.3. The first kappa shape index (κ1) is 13.9. The first-order valence-electron chi connectivity index (χ1n) is 6.84. The van der Waals surface area contributed by atoms with Gasteiger partial charge in [-0.2, -0.15) is 0 Å². The molecule has 4 nitrogen and oxygen atoms in total. The van der Waals surface area contributed by atoms with Crippen LogP contribution in [0, 0.1) is 6.92 Å². The summed E-state index contributed by atoms with van der Waals surface area (Å²) >= 11 is 0. The molecule has 0 radical (unpaired) electrons. The maximum Gasteiger partial charge on any atom is 0.239 e. The van der Waals surface area contributed by atoms with Crippen molar-refractivity contribution in [2.24, 2.45) is 0 Å². The van der Waals surface area contributed by atoms with E-state index in [9.17, 15) is 9.90 Å². The van der Waals surface area contributed by atoms with Crippen molar-refractivity contribution in [2.75, 3.05) is 19.6 Å². The van der Waals surface area contributed by atoms with Gasteiger partial charge in [0.15, 0.2) is 0 Å². The lowest BCUT2D eigenvalue weighted by Gasteiger charge is -2.38. The van der Waals surface area contributed by atoms with Crippen LogP contribution in [-0.4, -0.2) is 46.5 Å². The summed E-state index contributed by atoms with van der Waals surface area (Å²) < 4.78 is 0. The van der Waals surface area contributed by atoms with E-state index < -0.39 is 0 Å². The van der Waals surface area contributed by atoms with Gasteiger partial charge in [0, 0.05) is 26.2 Å². The predicted octanol–water partition coefficient (Wildman–Crippen LogP) is 1.75. The minimum atomic E-state index is -0.0668. The number of carbonyl (C=O) groups excluding carboxylic acids is 1. The van der Waals surface area contributed by atoms with Gasteiger partial charge < -0.3 is 10.0 Å². The zero-order valence-corrected chi connectivity index (χ0v) is 11.9. The maximum atomic E-state index is 12.1. The second kappa shape index (κ2) is 5.61. The topological polar surface area (TPSA) is 43.8 Å². The molecule has 1 atom stereocenters.